The number of carbonyl (C=O) groups is 1. The van der Waals surface area contributed by atoms with Crippen LogP contribution in [0.5, 0.6) is 0 Å². The Morgan fingerprint density at radius 1 is 1.07 bits per heavy atom. The fraction of sp³-hybridized carbons (Fsp3) is 0.853. The minimum atomic E-state index is -1.85. The number of aromatic nitrogens is 1. The Bertz CT molecular complexity index is 1100. The number of hydrogen-bond donors (Lipinski definition) is 6. The lowest BCUT2D eigenvalue weighted by atomic mass is 9.70. The first kappa shape index (κ1) is 38.8. The van der Waals surface area contributed by atoms with Gasteiger partial charge in [0.1, 0.15) is 29.5 Å². The molecule has 0 bridgehead atoms. The number of aliphatic hydroxyl groups excluding tert-OH is 2. The van der Waals surface area contributed by atoms with Gasteiger partial charge in [0.15, 0.2) is 6.29 Å². The quantitative estimate of drug-likeness (QED) is 0.246. The third kappa shape index (κ3) is 8.51. The Hall–Kier alpha value is -1.61. The highest BCUT2D eigenvalue weighted by atomic mass is 16.7. The molecular weight excluding hydrogens is 594 g/mol. The third-order valence-corrected chi connectivity index (χ3v) is 10.5. The van der Waals surface area contributed by atoms with E-state index in [1.165, 1.54) is 6.92 Å². The molecule has 0 spiro atoms. The SMILES string of the molecule is CC[C@H]1OC(=O)C(C)[C@@](O)(Cn2cccc2)[C@H](C)[C@@H](O[C@@H]2O[C@H](C)C[C@H](N(C)C)[C@H]2O)[C@@](C)(O)C[C@@H](C)CN[C@H](C)[C@@H](O)[C@]1(C)O. The molecule has 0 saturated carbocycles. The van der Waals surface area contributed by atoms with E-state index < -0.39 is 71.4 Å². The van der Waals surface area contributed by atoms with Gasteiger partial charge in [0.2, 0.25) is 0 Å². The summed E-state index contributed by atoms with van der Waals surface area (Å²) in [7, 11) is 3.76. The van der Waals surface area contributed by atoms with Crippen LogP contribution in [0.3, 0.4) is 0 Å². The topological polar surface area (TPSA) is 166 Å². The zero-order chi connectivity index (χ0) is 34.8. The van der Waals surface area contributed by atoms with E-state index in [1.54, 1.807) is 51.6 Å². The number of likely N-dealkylation sites (N-methyl/N-ethyl adjacent to an activating group) is 1. The number of esters is 1. The molecule has 2 saturated heterocycles. The smallest absolute Gasteiger partial charge is 0.312 e. The molecule has 0 aliphatic carbocycles. The molecule has 2 aliphatic rings. The van der Waals surface area contributed by atoms with Gasteiger partial charge in [-0.3, -0.25) is 4.79 Å². The minimum Gasteiger partial charge on any atom is -0.459 e. The average Bonchev–Trinajstić information content (AvgIpc) is 3.49. The molecule has 46 heavy (non-hydrogen) atoms. The van der Waals surface area contributed by atoms with Crippen molar-refractivity contribution in [3.63, 3.8) is 0 Å². The first-order valence-electron chi connectivity index (χ1n) is 16.8. The largest absolute Gasteiger partial charge is 0.459 e. The highest BCUT2D eigenvalue weighted by Crippen LogP contribution is 2.41. The van der Waals surface area contributed by atoms with Crippen LogP contribution in [0.25, 0.3) is 0 Å². The number of carbonyl (C=O) groups excluding carboxylic acids is 1. The van der Waals surface area contributed by atoms with E-state index in [2.05, 4.69) is 5.32 Å². The second-order valence-corrected chi connectivity index (χ2v) is 14.9. The lowest BCUT2D eigenvalue weighted by molar-refractivity contribution is -0.305. The maximum absolute atomic E-state index is 13.9. The predicted octanol–water partition coefficient (Wildman–Crippen LogP) is 1.51. The number of rotatable bonds is 6. The van der Waals surface area contributed by atoms with E-state index in [-0.39, 0.29) is 37.5 Å². The van der Waals surface area contributed by atoms with Gasteiger partial charge < -0.3 is 54.5 Å². The van der Waals surface area contributed by atoms with Crippen LogP contribution in [-0.4, -0.2) is 127 Å². The summed E-state index contributed by atoms with van der Waals surface area (Å²) in [6.45, 7) is 14.1. The average molecular weight is 656 g/mol. The summed E-state index contributed by atoms with van der Waals surface area (Å²) in [6.07, 6.45) is -1.31. The van der Waals surface area contributed by atoms with Gasteiger partial charge in [0.05, 0.1) is 30.3 Å². The lowest BCUT2D eigenvalue weighted by Gasteiger charge is -2.49. The standard InChI is InChI=1S/C34H61N3O9/c1-11-26-33(8,42)28(39)24(6)35-18-20(2)17-32(7,41)29(46-31-27(38)25(36(9)10)16-21(3)44-31)22(4)34(43,23(5)30(40)45-26)19-37-14-12-13-15-37/h12-15,20-29,31,35,38-39,41-43H,11,16-19H2,1-10H3/t20-,21-,22-,23?,24-,25+,26-,27-,28-,29-,31+,32+,33-,34-/m1/s1. The molecule has 0 aromatic carbocycles. The Morgan fingerprint density at radius 2 is 1.67 bits per heavy atom. The molecular formula is C34H61N3O9. The Balaban J connectivity index is 2.15. The molecule has 6 N–H and O–H groups in total. The predicted molar refractivity (Wildman–Crippen MR) is 174 cm³/mol. The molecule has 12 heteroatoms. The molecule has 0 radical (unpaired) electrons. The van der Waals surface area contributed by atoms with E-state index >= 15 is 0 Å². The highest BCUT2D eigenvalue weighted by Gasteiger charge is 2.55. The monoisotopic (exact) mass is 655 g/mol. The van der Waals surface area contributed by atoms with Crippen molar-refractivity contribution in [2.45, 2.75) is 147 Å². The number of ether oxygens (including phenoxy) is 3. The van der Waals surface area contributed by atoms with Crippen LogP contribution in [0.4, 0.5) is 0 Å². The Labute approximate surface area is 275 Å². The van der Waals surface area contributed by atoms with Crippen LogP contribution in [0, 0.1) is 17.8 Å². The van der Waals surface area contributed by atoms with Gasteiger partial charge >= 0.3 is 5.97 Å². The molecule has 0 amide bonds. The molecule has 2 fully saturated rings. The van der Waals surface area contributed by atoms with Crippen LogP contribution < -0.4 is 5.32 Å². The molecule has 266 valence electrons. The van der Waals surface area contributed by atoms with Crippen LogP contribution in [0.2, 0.25) is 0 Å². The summed E-state index contributed by atoms with van der Waals surface area (Å²) < 4.78 is 20.4. The summed E-state index contributed by atoms with van der Waals surface area (Å²) in [5.41, 5.74) is -5.23. The first-order valence-corrected chi connectivity index (χ1v) is 16.8. The molecule has 12 nitrogen and oxygen atoms in total. The van der Waals surface area contributed by atoms with Crippen molar-refractivity contribution >= 4 is 5.97 Å². The number of hydrogen-bond acceptors (Lipinski definition) is 11. The van der Waals surface area contributed by atoms with Gasteiger partial charge in [-0.05, 0) is 92.6 Å². The zero-order valence-corrected chi connectivity index (χ0v) is 29.5. The second kappa shape index (κ2) is 15.3. The van der Waals surface area contributed by atoms with Crippen molar-refractivity contribution in [1.82, 2.24) is 14.8 Å². The van der Waals surface area contributed by atoms with Gasteiger partial charge in [-0.2, -0.15) is 0 Å². The molecule has 1 aromatic heterocycles. The lowest BCUT2D eigenvalue weighted by Crippen LogP contribution is -2.62. The number of nitrogens with one attached hydrogen (secondary N) is 1. The maximum Gasteiger partial charge on any atom is 0.312 e. The van der Waals surface area contributed by atoms with Gasteiger partial charge in [0.25, 0.3) is 0 Å². The van der Waals surface area contributed by atoms with E-state index in [0.29, 0.717) is 13.0 Å². The summed E-state index contributed by atoms with van der Waals surface area (Å²) in [6, 6.07) is 2.78. The van der Waals surface area contributed by atoms with E-state index in [0.717, 1.165) is 0 Å². The van der Waals surface area contributed by atoms with Crippen molar-refractivity contribution in [3.8, 4) is 0 Å². The van der Waals surface area contributed by atoms with Crippen LogP contribution >= 0.6 is 0 Å². The molecule has 14 atom stereocenters. The Kier molecular flexibility index (Phi) is 12.9. The zero-order valence-electron chi connectivity index (χ0n) is 29.5. The fourth-order valence-corrected chi connectivity index (χ4v) is 7.46. The summed E-state index contributed by atoms with van der Waals surface area (Å²) >= 11 is 0. The molecule has 1 aromatic rings. The minimum absolute atomic E-state index is 0.0396. The molecule has 3 heterocycles. The number of nitrogens with zero attached hydrogens (tertiary/aromatic N) is 2. The van der Waals surface area contributed by atoms with Crippen molar-refractivity contribution in [3.05, 3.63) is 24.5 Å². The Morgan fingerprint density at radius 3 is 2.24 bits per heavy atom. The van der Waals surface area contributed by atoms with E-state index in [4.69, 9.17) is 14.2 Å². The summed E-state index contributed by atoms with van der Waals surface area (Å²) in [5, 5.41) is 62.3. The summed E-state index contributed by atoms with van der Waals surface area (Å²) in [4.78, 5) is 15.9. The fourth-order valence-electron chi connectivity index (χ4n) is 7.46. The van der Waals surface area contributed by atoms with Gasteiger partial charge in [-0.1, -0.05) is 20.8 Å². The van der Waals surface area contributed by atoms with E-state index in [9.17, 15) is 30.3 Å². The van der Waals surface area contributed by atoms with Crippen LogP contribution in [0.1, 0.15) is 74.7 Å². The first-order chi connectivity index (χ1) is 21.3. The van der Waals surface area contributed by atoms with Crippen molar-refractivity contribution in [1.29, 1.82) is 0 Å². The van der Waals surface area contributed by atoms with Gasteiger partial charge in [-0.25, -0.2) is 0 Å². The highest BCUT2D eigenvalue weighted by molar-refractivity contribution is 5.74. The van der Waals surface area contributed by atoms with Crippen molar-refractivity contribution in [2.24, 2.45) is 17.8 Å². The molecule has 1 unspecified atom stereocenters. The number of cyclic esters (lactones) is 1. The van der Waals surface area contributed by atoms with E-state index in [1.807, 2.05) is 45.0 Å². The summed E-state index contributed by atoms with van der Waals surface area (Å²) in [5.74, 6) is -3.00. The van der Waals surface area contributed by atoms with Crippen molar-refractivity contribution < 1.29 is 44.5 Å². The van der Waals surface area contributed by atoms with Crippen molar-refractivity contribution in [2.75, 3.05) is 20.6 Å². The molecule has 2 aliphatic heterocycles. The van der Waals surface area contributed by atoms with Gasteiger partial charge in [-0.15, -0.1) is 0 Å². The molecule has 3 rings (SSSR count). The maximum atomic E-state index is 13.9. The normalized spacial score (nSPS) is 45.6. The third-order valence-electron chi connectivity index (χ3n) is 10.5. The number of aliphatic hydroxyl groups is 5. The van der Waals surface area contributed by atoms with Gasteiger partial charge in [0, 0.05) is 30.4 Å². The van der Waals surface area contributed by atoms with Crippen LogP contribution in [0.15, 0.2) is 24.5 Å². The second-order valence-electron chi connectivity index (χ2n) is 14.9. The van der Waals surface area contributed by atoms with Crippen LogP contribution in [-0.2, 0) is 25.5 Å².